The third kappa shape index (κ3) is 7.14. The van der Waals surface area contributed by atoms with Crippen LogP contribution in [0.5, 0.6) is 5.75 Å². The van der Waals surface area contributed by atoms with E-state index in [-0.39, 0.29) is 12.4 Å². The minimum absolute atomic E-state index is 0.244. The molecule has 0 saturated heterocycles. The molecule has 0 saturated carbocycles. The first kappa shape index (κ1) is 20.1. The molecule has 0 aliphatic heterocycles. The van der Waals surface area contributed by atoms with Crippen LogP contribution >= 0.6 is 0 Å². The quantitative estimate of drug-likeness (QED) is 0.563. The number of alkyl carbamates (subject to hydrolysis) is 1. The number of hydrogen-bond acceptors (Lipinski definition) is 3. The maximum atomic E-state index is 13.2. The topological polar surface area (TPSA) is 47.6 Å². The second-order valence-corrected chi connectivity index (χ2v) is 6.33. The number of hydrogen-bond donors (Lipinski definition) is 1. The van der Waals surface area contributed by atoms with Crippen molar-refractivity contribution in [2.45, 2.75) is 13.2 Å². The van der Waals surface area contributed by atoms with E-state index < -0.39 is 6.09 Å². The van der Waals surface area contributed by atoms with Crippen molar-refractivity contribution in [3.63, 3.8) is 0 Å². The van der Waals surface area contributed by atoms with Gasteiger partial charge in [-0.05, 0) is 41.0 Å². The molecule has 0 spiro atoms. The number of benzene rings is 3. The molecule has 0 heterocycles. The van der Waals surface area contributed by atoms with E-state index in [1.54, 1.807) is 6.07 Å². The van der Waals surface area contributed by atoms with Gasteiger partial charge >= 0.3 is 6.09 Å². The van der Waals surface area contributed by atoms with Crippen molar-refractivity contribution in [3.8, 4) is 5.75 Å². The fourth-order valence-corrected chi connectivity index (χ4v) is 2.58. The molecule has 5 heteroatoms. The summed E-state index contributed by atoms with van der Waals surface area (Å²) in [5.41, 5.74) is 2.69. The molecule has 148 valence electrons. The maximum absolute atomic E-state index is 13.2. The van der Waals surface area contributed by atoms with Crippen molar-refractivity contribution < 1.29 is 18.7 Å². The second-order valence-electron chi connectivity index (χ2n) is 6.33. The molecule has 3 aromatic carbocycles. The zero-order valence-electron chi connectivity index (χ0n) is 15.9. The summed E-state index contributed by atoms with van der Waals surface area (Å²) >= 11 is 0. The van der Waals surface area contributed by atoms with E-state index in [2.05, 4.69) is 5.32 Å². The standard InChI is InChI=1S/C24H22FNO3/c25-22-10-4-8-21(16-22)18-28-23-13-11-19(12-14-23)9-5-15-26-24(27)29-17-20-6-2-1-3-7-20/h1-14,16H,15,17-18H2,(H,26,27). The van der Waals surface area contributed by atoms with E-state index in [1.807, 2.05) is 72.8 Å². The summed E-state index contributed by atoms with van der Waals surface area (Å²) < 4.78 is 24.0. The fraction of sp³-hybridized carbons (Fsp3) is 0.125. The van der Waals surface area contributed by atoms with Crippen molar-refractivity contribution in [2.24, 2.45) is 0 Å². The average Bonchev–Trinajstić information content (AvgIpc) is 2.75. The summed E-state index contributed by atoms with van der Waals surface area (Å²) in [5.74, 6) is 0.429. The van der Waals surface area contributed by atoms with Gasteiger partial charge in [-0.2, -0.15) is 0 Å². The van der Waals surface area contributed by atoms with Gasteiger partial charge in [-0.15, -0.1) is 0 Å². The van der Waals surface area contributed by atoms with Crippen LogP contribution in [0.15, 0.2) is 84.9 Å². The molecule has 0 unspecified atom stereocenters. The lowest BCUT2D eigenvalue weighted by Gasteiger charge is -2.07. The highest BCUT2D eigenvalue weighted by Gasteiger charge is 2.01. The molecule has 0 aromatic heterocycles. The van der Waals surface area contributed by atoms with Gasteiger partial charge in [0, 0.05) is 6.54 Å². The summed E-state index contributed by atoms with van der Waals surface area (Å²) in [7, 11) is 0. The molecule has 29 heavy (non-hydrogen) atoms. The minimum Gasteiger partial charge on any atom is -0.489 e. The van der Waals surface area contributed by atoms with Gasteiger partial charge in [0.15, 0.2) is 0 Å². The lowest BCUT2D eigenvalue weighted by Crippen LogP contribution is -2.24. The normalized spacial score (nSPS) is 10.7. The van der Waals surface area contributed by atoms with Gasteiger partial charge in [0.1, 0.15) is 24.8 Å². The van der Waals surface area contributed by atoms with E-state index >= 15 is 0 Å². The van der Waals surface area contributed by atoms with E-state index in [0.29, 0.717) is 18.9 Å². The molecule has 4 nitrogen and oxygen atoms in total. The van der Waals surface area contributed by atoms with Crippen LogP contribution in [0.4, 0.5) is 9.18 Å². The molecule has 3 rings (SSSR count). The first-order valence-electron chi connectivity index (χ1n) is 9.27. The molecule has 0 bridgehead atoms. The van der Waals surface area contributed by atoms with E-state index in [0.717, 1.165) is 16.7 Å². The zero-order chi connectivity index (χ0) is 20.3. The molecule has 3 aromatic rings. The van der Waals surface area contributed by atoms with Gasteiger partial charge in [0.2, 0.25) is 0 Å². The van der Waals surface area contributed by atoms with Gasteiger partial charge < -0.3 is 14.8 Å². The number of carbonyl (C=O) groups is 1. The Morgan fingerprint density at radius 1 is 0.897 bits per heavy atom. The zero-order valence-corrected chi connectivity index (χ0v) is 15.9. The highest BCUT2D eigenvalue weighted by Crippen LogP contribution is 2.15. The fourth-order valence-electron chi connectivity index (χ4n) is 2.58. The molecular weight excluding hydrogens is 369 g/mol. The maximum Gasteiger partial charge on any atom is 0.407 e. The van der Waals surface area contributed by atoms with Gasteiger partial charge in [0.25, 0.3) is 0 Å². The molecule has 0 aliphatic carbocycles. The molecule has 0 aliphatic rings. The minimum atomic E-state index is -0.459. The molecule has 0 radical (unpaired) electrons. The summed E-state index contributed by atoms with van der Waals surface area (Å²) in [6, 6.07) is 23.4. The lowest BCUT2D eigenvalue weighted by atomic mass is 10.2. The first-order chi connectivity index (χ1) is 14.2. The Morgan fingerprint density at radius 3 is 2.41 bits per heavy atom. The summed E-state index contributed by atoms with van der Waals surface area (Å²) in [6.45, 7) is 0.918. The van der Waals surface area contributed by atoms with Crippen LogP contribution in [0.1, 0.15) is 16.7 Å². The molecule has 1 N–H and O–H groups in total. The van der Waals surface area contributed by atoms with Crippen LogP contribution < -0.4 is 10.1 Å². The summed E-state index contributed by atoms with van der Waals surface area (Å²) in [5, 5.41) is 2.67. The van der Waals surface area contributed by atoms with Crippen molar-refractivity contribution in [2.75, 3.05) is 6.54 Å². The predicted molar refractivity (Wildman–Crippen MR) is 111 cm³/mol. The van der Waals surface area contributed by atoms with Crippen LogP contribution in [0, 0.1) is 5.82 Å². The van der Waals surface area contributed by atoms with Gasteiger partial charge in [-0.3, -0.25) is 0 Å². The Bertz CT molecular complexity index is 940. The predicted octanol–water partition coefficient (Wildman–Crippen LogP) is 5.34. The highest BCUT2D eigenvalue weighted by atomic mass is 19.1. The van der Waals surface area contributed by atoms with Gasteiger partial charge in [0.05, 0.1) is 0 Å². The Kier molecular flexibility index (Phi) is 7.41. The van der Waals surface area contributed by atoms with E-state index in [4.69, 9.17) is 9.47 Å². The van der Waals surface area contributed by atoms with Gasteiger partial charge in [-0.25, -0.2) is 9.18 Å². The lowest BCUT2D eigenvalue weighted by molar-refractivity contribution is 0.141. The van der Waals surface area contributed by atoms with Crippen molar-refractivity contribution in [1.29, 1.82) is 0 Å². The Morgan fingerprint density at radius 2 is 1.66 bits per heavy atom. The van der Waals surface area contributed by atoms with Crippen LogP contribution in [-0.2, 0) is 18.0 Å². The van der Waals surface area contributed by atoms with Crippen molar-refractivity contribution in [3.05, 3.63) is 107 Å². The third-order valence-electron chi connectivity index (χ3n) is 4.06. The Labute approximate surface area is 169 Å². The number of nitrogens with one attached hydrogen (secondary N) is 1. The van der Waals surface area contributed by atoms with Crippen molar-refractivity contribution >= 4 is 12.2 Å². The smallest absolute Gasteiger partial charge is 0.407 e. The number of ether oxygens (including phenoxy) is 2. The van der Waals surface area contributed by atoms with Crippen LogP contribution in [0.2, 0.25) is 0 Å². The summed E-state index contributed by atoms with van der Waals surface area (Å²) in [4.78, 5) is 11.7. The second kappa shape index (κ2) is 10.7. The number of rotatable bonds is 8. The van der Waals surface area contributed by atoms with Crippen molar-refractivity contribution in [1.82, 2.24) is 5.32 Å². The summed E-state index contributed by atoms with van der Waals surface area (Å²) in [6.07, 6.45) is 3.28. The number of amides is 1. The van der Waals surface area contributed by atoms with E-state index in [9.17, 15) is 9.18 Å². The molecular formula is C24H22FNO3. The SMILES string of the molecule is O=C(NCC=Cc1ccc(OCc2cccc(F)c2)cc1)OCc1ccccc1. The molecule has 0 atom stereocenters. The Balaban J connectivity index is 1.37. The Hall–Kier alpha value is -3.60. The van der Waals surface area contributed by atoms with Crippen LogP contribution in [0.3, 0.4) is 0 Å². The molecule has 1 amide bonds. The highest BCUT2D eigenvalue weighted by molar-refractivity contribution is 5.67. The van der Waals surface area contributed by atoms with Gasteiger partial charge in [-0.1, -0.05) is 66.7 Å². The number of halogens is 1. The molecule has 0 fully saturated rings. The van der Waals surface area contributed by atoms with E-state index in [1.165, 1.54) is 12.1 Å². The van der Waals surface area contributed by atoms with Crippen LogP contribution in [0.25, 0.3) is 6.08 Å². The number of carbonyl (C=O) groups excluding carboxylic acids is 1. The average molecular weight is 391 g/mol. The van der Waals surface area contributed by atoms with Crippen LogP contribution in [-0.4, -0.2) is 12.6 Å². The monoisotopic (exact) mass is 391 g/mol. The largest absolute Gasteiger partial charge is 0.489 e. The third-order valence-corrected chi connectivity index (χ3v) is 4.06. The first-order valence-corrected chi connectivity index (χ1v) is 9.27.